The Morgan fingerprint density at radius 2 is 2.14 bits per heavy atom. The molecule has 0 aromatic heterocycles. The molecule has 78 valence electrons. The Morgan fingerprint density at radius 1 is 1.36 bits per heavy atom. The van der Waals surface area contributed by atoms with Crippen LogP contribution in [0.2, 0.25) is 0 Å². The van der Waals surface area contributed by atoms with E-state index in [1.54, 1.807) is 0 Å². The van der Waals surface area contributed by atoms with Crippen LogP contribution in [0.5, 0.6) is 0 Å². The molecule has 1 aliphatic heterocycles. The molecule has 0 fully saturated rings. The Labute approximate surface area is 87.5 Å². The molecular weight excluding hydrogens is 175 g/mol. The molecule has 0 saturated carbocycles. The summed E-state index contributed by atoms with van der Waals surface area (Å²) in [6.07, 6.45) is 6.01. The lowest BCUT2D eigenvalue weighted by atomic mass is 9.96. The van der Waals surface area contributed by atoms with Crippen molar-refractivity contribution in [1.82, 2.24) is 16.0 Å². The highest BCUT2D eigenvalue weighted by Crippen LogP contribution is 2.16. The summed E-state index contributed by atoms with van der Waals surface area (Å²) >= 11 is 0. The lowest BCUT2D eigenvalue weighted by Crippen LogP contribution is -2.41. The number of nitrogens with one attached hydrogen (secondary N) is 2. The second-order valence-electron chi connectivity index (χ2n) is 3.71. The Balaban J connectivity index is 2.41. The molecule has 0 spiro atoms. The van der Waals surface area contributed by atoms with Crippen LogP contribution in [0.3, 0.4) is 0 Å². The fourth-order valence-electron chi connectivity index (χ4n) is 1.68. The molecule has 0 aromatic carbocycles. The first kappa shape index (κ1) is 11.4. The van der Waals surface area contributed by atoms with Gasteiger partial charge in [0.2, 0.25) is 7.98 Å². The van der Waals surface area contributed by atoms with E-state index < -0.39 is 0 Å². The summed E-state index contributed by atoms with van der Waals surface area (Å²) in [6.45, 7) is 4.41. The van der Waals surface area contributed by atoms with E-state index in [4.69, 9.17) is 7.98 Å². The maximum Gasteiger partial charge on any atom is 0.250 e. The lowest BCUT2D eigenvalue weighted by molar-refractivity contribution is 0.339. The van der Waals surface area contributed by atoms with Crippen molar-refractivity contribution in [3.05, 3.63) is 0 Å². The SMILES string of the molecule is [B]N1NN=C(C(CCC)CCCC)N1. The zero-order valence-electron chi connectivity index (χ0n) is 9.08. The number of rotatable bonds is 6. The van der Waals surface area contributed by atoms with Gasteiger partial charge >= 0.3 is 0 Å². The van der Waals surface area contributed by atoms with Crippen LogP contribution in [-0.4, -0.2) is 18.8 Å². The van der Waals surface area contributed by atoms with Crippen molar-refractivity contribution in [2.45, 2.75) is 46.0 Å². The molecule has 1 unspecified atom stereocenters. The van der Waals surface area contributed by atoms with Crippen LogP contribution in [0, 0.1) is 5.92 Å². The summed E-state index contributed by atoms with van der Waals surface area (Å²) in [5, 5.41) is 5.44. The number of hydrogen-bond acceptors (Lipinski definition) is 4. The highest BCUT2D eigenvalue weighted by Gasteiger charge is 2.19. The molecule has 14 heavy (non-hydrogen) atoms. The number of nitrogens with zero attached hydrogens (tertiary/aromatic N) is 2. The van der Waals surface area contributed by atoms with E-state index in [2.05, 4.69) is 29.9 Å². The Hall–Kier alpha value is -0.705. The Morgan fingerprint density at radius 3 is 2.64 bits per heavy atom. The summed E-state index contributed by atoms with van der Waals surface area (Å²) in [4.78, 5) is 0. The molecule has 0 aromatic rings. The summed E-state index contributed by atoms with van der Waals surface area (Å²) < 4.78 is 0. The summed E-state index contributed by atoms with van der Waals surface area (Å²) in [7, 11) is 5.48. The van der Waals surface area contributed by atoms with Gasteiger partial charge in [0.1, 0.15) is 5.84 Å². The maximum atomic E-state index is 5.48. The summed E-state index contributed by atoms with van der Waals surface area (Å²) in [6, 6.07) is 0. The third kappa shape index (κ3) is 3.22. The molecule has 0 bridgehead atoms. The van der Waals surface area contributed by atoms with Crippen molar-refractivity contribution >= 4 is 13.8 Å². The van der Waals surface area contributed by atoms with Gasteiger partial charge in [0.15, 0.2) is 0 Å². The monoisotopic (exact) mass is 194 g/mol. The second-order valence-corrected chi connectivity index (χ2v) is 3.71. The van der Waals surface area contributed by atoms with Crippen molar-refractivity contribution in [2.75, 3.05) is 0 Å². The van der Waals surface area contributed by atoms with Crippen LogP contribution in [0.25, 0.3) is 0 Å². The third-order valence-electron chi connectivity index (χ3n) is 2.44. The predicted octanol–water partition coefficient (Wildman–Crippen LogP) is 1.31. The van der Waals surface area contributed by atoms with Gasteiger partial charge < -0.3 is 0 Å². The minimum absolute atomic E-state index is 0.515. The molecule has 5 heteroatoms. The van der Waals surface area contributed by atoms with E-state index in [-0.39, 0.29) is 0 Å². The average Bonchev–Trinajstić information content (AvgIpc) is 2.59. The van der Waals surface area contributed by atoms with Gasteiger partial charge in [-0.3, -0.25) is 5.43 Å². The van der Waals surface area contributed by atoms with Crippen LogP contribution in [0.15, 0.2) is 5.10 Å². The standard InChI is InChI=1S/C9H19BN4/c1-3-5-7-8(6-4-2)9-11-13-14(10)12-9/h8,13H,3-7H2,1-2H3,(H,11,12). The molecule has 0 amide bonds. The van der Waals surface area contributed by atoms with Crippen molar-refractivity contribution in [2.24, 2.45) is 11.0 Å². The number of hydrazine groups is 2. The number of hydrogen-bond donors (Lipinski definition) is 2. The van der Waals surface area contributed by atoms with E-state index in [0.29, 0.717) is 5.92 Å². The van der Waals surface area contributed by atoms with Gasteiger partial charge in [-0.25, -0.2) is 5.53 Å². The number of amidine groups is 1. The molecule has 1 aliphatic rings. The van der Waals surface area contributed by atoms with E-state index in [1.807, 2.05) is 0 Å². The second kappa shape index (κ2) is 5.91. The van der Waals surface area contributed by atoms with Crippen LogP contribution in [-0.2, 0) is 0 Å². The Kier molecular flexibility index (Phi) is 4.80. The average molecular weight is 194 g/mol. The fourth-order valence-corrected chi connectivity index (χ4v) is 1.68. The molecule has 2 radical (unpaired) electrons. The third-order valence-corrected chi connectivity index (χ3v) is 2.44. The van der Waals surface area contributed by atoms with E-state index >= 15 is 0 Å². The summed E-state index contributed by atoms with van der Waals surface area (Å²) in [5.74, 6) is 1.49. The zero-order valence-corrected chi connectivity index (χ0v) is 9.08. The molecule has 2 N–H and O–H groups in total. The molecule has 1 atom stereocenters. The zero-order chi connectivity index (χ0) is 10.4. The first-order chi connectivity index (χ1) is 6.77. The Bertz CT molecular complexity index is 195. The maximum absolute atomic E-state index is 5.48. The van der Waals surface area contributed by atoms with Crippen LogP contribution < -0.4 is 11.0 Å². The topological polar surface area (TPSA) is 39.7 Å². The highest BCUT2D eigenvalue weighted by atomic mass is 15.8. The molecule has 1 rings (SSSR count). The van der Waals surface area contributed by atoms with Crippen LogP contribution in [0.1, 0.15) is 46.0 Å². The van der Waals surface area contributed by atoms with E-state index in [0.717, 1.165) is 5.84 Å². The highest BCUT2D eigenvalue weighted by molar-refractivity contribution is 6.05. The largest absolute Gasteiger partial charge is 0.299 e. The van der Waals surface area contributed by atoms with Gasteiger partial charge in [-0.2, -0.15) is 5.03 Å². The van der Waals surface area contributed by atoms with Crippen LogP contribution >= 0.6 is 0 Å². The van der Waals surface area contributed by atoms with Gasteiger partial charge in [-0.1, -0.05) is 33.1 Å². The quantitative estimate of drug-likeness (QED) is 0.626. The minimum Gasteiger partial charge on any atom is -0.299 e. The summed E-state index contributed by atoms with van der Waals surface area (Å²) in [5.41, 5.74) is 5.67. The molecule has 0 saturated heterocycles. The van der Waals surface area contributed by atoms with Crippen molar-refractivity contribution in [3.63, 3.8) is 0 Å². The van der Waals surface area contributed by atoms with E-state index in [1.165, 1.54) is 37.1 Å². The van der Waals surface area contributed by atoms with Crippen molar-refractivity contribution in [1.29, 1.82) is 0 Å². The van der Waals surface area contributed by atoms with E-state index in [9.17, 15) is 0 Å². The molecule has 0 aliphatic carbocycles. The number of unbranched alkanes of at least 4 members (excludes halogenated alkanes) is 1. The number of hydrazone groups is 1. The first-order valence-corrected chi connectivity index (χ1v) is 5.42. The molecule has 4 nitrogen and oxygen atoms in total. The van der Waals surface area contributed by atoms with Crippen LogP contribution in [0.4, 0.5) is 0 Å². The first-order valence-electron chi connectivity index (χ1n) is 5.42. The van der Waals surface area contributed by atoms with Gasteiger partial charge in [0, 0.05) is 5.92 Å². The van der Waals surface area contributed by atoms with Crippen molar-refractivity contribution < 1.29 is 0 Å². The van der Waals surface area contributed by atoms with Gasteiger partial charge in [0.05, 0.1) is 0 Å². The minimum atomic E-state index is 0.515. The van der Waals surface area contributed by atoms with Gasteiger partial charge in [0.25, 0.3) is 0 Å². The predicted molar refractivity (Wildman–Crippen MR) is 59.2 cm³/mol. The molecule has 1 heterocycles. The van der Waals surface area contributed by atoms with Crippen molar-refractivity contribution in [3.8, 4) is 0 Å². The smallest absolute Gasteiger partial charge is 0.250 e. The van der Waals surface area contributed by atoms with Gasteiger partial charge in [-0.05, 0) is 12.8 Å². The molecular formula is C9H19BN4. The fraction of sp³-hybridized carbons (Fsp3) is 0.889. The van der Waals surface area contributed by atoms with Gasteiger partial charge in [-0.15, -0.1) is 5.10 Å². The lowest BCUT2D eigenvalue weighted by Gasteiger charge is -2.17. The normalized spacial score (nSPS) is 18.6.